The summed E-state index contributed by atoms with van der Waals surface area (Å²) >= 11 is 0. The topological polar surface area (TPSA) is 81.9 Å². The number of nitrogens with zero attached hydrogens (tertiary/aromatic N) is 1. The van der Waals surface area contributed by atoms with E-state index >= 15 is 0 Å². The molecule has 1 saturated heterocycles. The second-order valence-corrected chi connectivity index (χ2v) is 7.61. The quantitative estimate of drug-likeness (QED) is 0.739. The van der Waals surface area contributed by atoms with Gasteiger partial charge in [0.1, 0.15) is 17.0 Å². The lowest BCUT2D eigenvalue weighted by atomic mass is 9.82. The van der Waals surface area contributed by atoms with Crippen molar-refractivity contribution >= 4 is 17.6 Å². The van der Waals surface area contributed by atoms with Gasteiger partial charge in [0, 0.05) is 31.6 Å². The predicted molar refractivity (Wildman–Crippen MR) is 90.2 cm³/mol. The zero-order chi connectivity index (χ0) is 17.5. The first-order chi connectivity index (χ1) is 11.2. The second-order valence-electron chi connectivity index (χ2n) is 7.61. The number of fused-ring (bicyclic) bond motifs is 1. The molecule has 2 aliphatic rings. The summed E-state index contributed by atoms with van der Waals surface area (Å²) < 4.78 is 11.6. The molecule has 1 fully saturated rings. The van der Waals surface area contributed by atoms with E-state index in [1.807, 2.05) is 20.8 Å². The number of hydrogen-bond acceptors (Lipinski definition) is 5. The molecule has 0 bridgehead atoms. The van der Waals surface area contributed by atoms with E-state index in [0.717, 1.165) is 0 Å². The number of ether oxygens (including phenoxy) is 2. The molecule has 6 nitrogen and oxygen atoms in total. The molecular weight excluding hydrogens is 308 g/mol. The van der Waals surface area contributed by atoms with Crippen molar-refractivity contribution in [3.8, 4) is 5.75 Å². The van der Waals surface area contributed by atoms with E-state index in [-0.39, 0.29) is 11.9 Å². The van der Waals surface area contributed by atoms with Gasteiger partial charge >= 0.3 is 6.09 Å². The Balaban J connectivity index is 1.69. The minimum Gasteiger partial charge on any atom is -0.486 e. The fourth-order valence-electron chi connectivity index (χ4n) is 3.21. The van der Waals surface area contributed by atoms with Crippen molar-refractivity contribution < 1.29 is 19.1 Å². The number of carbonyl (C=O) groups excluding carboxylic acids is 2. The molecule has 3 rings (SSSR count). The van der Waals surface area contributed by atoms with Crippen molar-refractivity contribution in [1.82, 2.24) is 4.90 Å². The smallest absolute Gasteiger partial charge is 0.410 e. The van der Waals surface area contributed by atoms with Crippen molar-refractivity contribution in [3.63, 3.8) is 0 Å². The Morgan fingerprint density at radius 2 is 1.96 bits per heavy atom. The van der Waals surface area contributed by atoms with Crippen LogP contribution in [-0.2, 0) is 4.74 Å². The minimum absolute atomic E-state index is 0.0502. The number of ketones is 1. The molecule has 2 N–H and O–H groups in total. The lowest BCUT2D eigenvalue weighted by molar-refractivity contribution is -0.0226. The minimum atomic E-state index is -0.529. The second kappa shape index (κ2) is 5.69. The average molecular weight is 332 g/mol. The van der Waals surface area contributed by atoms with Crippen LogP contribution in [0.25, 0.3) is 0 Å². The maximum atomic E-state index is 12.5. The molecule has 1 aromatic rings. The average Bonchev–Trinajstić information content (AvgIpc) is 2.47. The van der Waals surface area contributed by atoms with Gasteiger partial charge in [0.15, 0.2) is 5.78 Å². The first kappa shape index (κ1) is 16.6. The Morgan fingerprint density at radius 1 is 1.29 bits per heavy atom. The lowest BCUT2D eigenvalue weighted by Gasteiger charge is -2.44. The standard InChI is InChI=1S/C18H24N2O4/c1-17(2,3)24-16(22)20-8-6-18(7-9-20)11-14(21)13-10-12(19)4-5-15(13)23-18/h4-5,10H,6-9,11,19H2,1-3H3. The Hall–Kier alpha value is -2.24. The molecule has 0 atom stereocenters. The van der Waals surface area contributed by atoms with Gasteiger partial charge in [-0.15, -0.1) is 0 Å². The molecule has 2 heterocycles. The monoisotopic (exact) mass is 332 g/mol. The van der Waals surface area contributed by atoms with Crippen molar-refractivity contribution in [1.29, 1.82) is 0 Å². The summed E-state index contributed by atoms with van der Waals surface area (Å²) in [4.78, 5) is 26.3. The van der Waals surface area contributed by atoms with Crippen LogP contribution >= 0.6 is 0 Å². The number of likely N-dealkylation sites (tertiary alicyclic amines) is 1. The van der Waals surface area contributed by atoms with Crippen molar-refractivity contribution in [2.45, 2.75) is 51.2 Å². The Morgan fingerprint density at radius 3 is 2.58 bits per heavy atom. The van der Waals surface area contributed by atoms with Crippen LogP contribution in [0, 0.1) is 0 Å². The third kappa shape index (κ3) is 3.32. The Bertz CT molecular complexity index is 670. The Labute approximate surface area is 141 Å². The van der Waals surface area contributed by atoms with Crippen LogP contribution in [0.5, 0.6) is 5.75 Å². The molecule has 0 saturated carbocycles. The highest BCUT2D eigenvalue weighted by atomic mass is 16.6. The summed E-state index contributed by atoms with van der Waals surface area (Å²) in [5, 5.41) is 0. The van der Waals surface area contributed by atoms with E-state index < -0.39 is 11.2 Å². The van der Waals surface area contributed by atoms with Crippen molar-refractivity contribution in [3.05, 3.63) is 23.8 Å². The number of Topliss-reactive ketones (excluding diaryl/α,β-unsaturated/α-hetero) is 1. The molecule has 1 aromatic carbocycles. The number of nitrogens with two attached hydrogens (primary N) is 1. The van der Waals surface area contributed by atoms with E-state index in [0.29, 0.717) is 49.4 Å². The molecule has 0 aromatic heterocycles. The van der Waals surface area contributed by atoms with Gasteiger partial charge in [0.2, 0.25) is 0 Å². The van der Waals surface area contributed by atoms with Crippen LogP contribution in [0.1, 0.15) is 50.4 Å². The first-order valence-corrected chi connectivity index (χ1v) is 8.27. The number of hydrogen-bond donors (Lipinski definition) is 1. The number of benzene rings is 1. The van der Waals surface area contributed by atoms with E-state index in [9.17, 15) is 9.59 Å². The highest BCUT2D eigenvalue weighted by Gasteiger charge is 2.44. The maximum Gasteiger partial charge on any atom is 0.410 e. The molecule has 0 unspecified atom stereocenters. The molecule has 24 heavy (non-hydrogen) atoms. The largest absolute Gasteiger partial charge is 0.486 e. The summed E-state index contributed by atoms with van der Waals surface area (Å²) in [6, 6.07) is 5.16. The van der Waals surface area contributed by atoms with Gasteiger partial charge in [-0.2, -0.15) is 0 Å². The van der Waals surface area contributed by atoms with Crippen molar-refractivity contribution in [2.24, 2.45) is 0 Å². The van der Waals surface area contributed by atoms with Crippen LogP contribution in [0.4, 0.5) is 10.5 Å². The van der Waals surface area contributed by atoms with Gasteiger partial charge in [-0.05, 0) is 39.0 Å². The fourth-order valence-corrected chi connectivity index (χ4v) is 3.21. The summed E-state index contributed by atoms with van der Waals surface area (Å²) in [5.74, 6) is 0.639. The normalized spacial score (nSPS) is 19.6. The van der Waals surface area contributed by atoms with E-state index in [1.54, 1.807) is 23.1 Å². The lowest BCUT2D eigenvalue weighted by Crippen LogP contribution is -2.52. The molecule has 1 amide bonds. The maximum absolute atomic E-state index is 12.5. The van der Waals surface area contributed by atoms with Gasteiger partial charge in [-0.3, -0.25) is 4.79 Å². The summed E-state index contributed by atoms with van der Waals surface area (Å²) in [5.41, 5.74) is 5.82. The van der Waals surface area contributed by atoms with Gasteiger partial charge in [0.05, 0.1) is 12.0 Å². The highest BCUT2D eigenvalue weighted by Crippen LogP contribution is 2.40. The predicted octanol–water partition coefficient (Wildman–Crippen LogP) is 3.00. The number of anilines is 1. The number of nitrogen functional groups attached to an aromatic ring is 1. The van der Waals surface area contributed by atoms with Gasteiger partial charge < -0.3 is 20.1 Å². The SMILES string of the molecule is CC(C)(C)OC(=O)N1CCC2(CC1)CC(=O)c1cc(N)ccc1O2. The molecule has 0 aliphatic carbocycles. The molecule has 130 valence electrons. The molecule has 6 heteroatoms. The van der Waals surface area contributed by atoms with Gasteiger partial charge in [-0.25, -0.2) is 4.79 Å². The first-order valence-electron chi connectivity index (χ1n) is 8.27. The Kier molecular flexibility index (Phi) is 3.94. The number of carbonyl (C=O) groups is 2. The zero-order valence-corrected chi connectivity index (χ0v) is 14.4. The van der Waals surface area contributed by atoms with E-state index in [1.165, 1.54) is 0 Å². The van der Waals surface area contributed by atoms with E-state index in [2.05, 4.69) is 0 Å². The zero-order valence-electron chi connectivity index (χ0n) is 14.4. The molecule has 2 aliphatic heterocycles. The van der Waals surface area contributed by atoms with Crippen LogP contribution in [-0.4, -0.2) is 41.1 Å². The van der Waals surface area contributed by atoms with Crippen LogP contribution in [0.2, 0.25) is 0 Å². The third-order valence-corrected chi connectivity index (χ3v) is 4.44. The number of amides is 1. The van der Waals surface area contributed by atoms with Crippen LogP contribution in [0.3, 0.4) is 0 Å². The van der Waals surface area contributed by atoms with Crippen LogP contribution < -0.4 is 10.5 Å². The number of rotatable bonds is 0. The van der Waals surface area contributed by atoms with Crippen LogP contribution in [0.15, 0.2) is 18.2 Å². The summed E-state index contributed by atoms with van der Waals surface area (Å²) in [6.07, 6.45) is 1.24. The van der Waals surface area contributed by atoms with Crippen molar-refractivity contribution in [2.75, 3.05) is 18.8 Å². The summed E-state index contributed by atoms with van der Waals surface area (Å²) in [7, 11) is 0. The number of piperidine rings is 1. The van der Waals surface area contributed by atoms with Gasteiger partial charge in [0.25, 0.3) is 0 Å². The summed E-state index contributed by atoms with van der Waals surface area (Å²) in [6.45, 7) is 6.59. The fraction of sp³-hybridized carbons (Fsp3) is 0.556. The van der Waals surface area contributed by atoms with E-state index in [4.69, 9.17) is 15.2 Å². The van der Waals surface area contributed by atoms with Gasteiger partial charge in [-0.1, -0.05) is 0 Å². The third-order valence-electron chi connectivity index (χ3n) is 4.44. The molecular formula is C18H24N2O4. The highest BCUT2D eigenvalue weighted by molar-refractivity contribution is 6.01. The molecule has 0 radical (unpaired) electrons. The molecule has 1 spiro atoms.